The summed E-state index contributed by atoms with van der Waals surface area (Å²) < 4.78 is 10.6. The van der Waals surface area contributed by atoms with Crippen molar-refractivity contribution in [2.45, 2.75) is 6.61 Å². The molecule has 0 amide bonds. The van der Waals surface area contributed by atoms with Crippen LogP contribution in [0.4, 0.5) is 5.82 Å². The van der Waals surface area contributed by atoms with Gasteiger partial charge in [0.15, 0.2) is 5.82 Å². The molecule has 0 atom stereocenters. The maximum Gasteiger partial charge on any atom is 0.491 e. The van der Waals surface area contributed by atoms with Gasteiger partial charge in [0.2, 0.25) is 0 Å². The van der Waals surface area contributed by atoms with Gasteiger partial charge < -0.3 is 14.4 Å². The molecule has 8 heteroatoms. The van der Waals surface area contributed by atoms with Gasteiger partial charge in [0.05, 0.1) is 19.9 Å². The molecule has 1 aromatic heterocycles. The van der Waals surface area contributed by atoms with Gasteiger partial charge in [-0.05, 0) is 34.8 Å². The van der Waals surface area contributed by atoms with Crippen molar-refractivity contribution in [2.75, 3.05) is 19.2 Å². The summed E-state index contributed by atoms with van der Waals surface area (Å²) in [7, 11) is 2.62. The summed E-state index contributed by atoms with van der Waals surface area (Å²) in [5, 5.41) is 16.7. The van der Waals surface area contributed by atoms with E-state index in [1.165, 1.54) is 6.33 Å². The van der Waals surface area contributed by atoms with E-state index in [0.717, 1.165) is 27.5 Å². The number of anilines is 1. The van der Waals surface area contributed by atoms with E-state index in [1.54, 1.807) is 18.3 Å². The third-order valence-corrected chi connectivity index (χ3v) is 4.34. The minimum absolute atomic E-state index is 0.407. The highest BCUT2D eigenvalue weighted by Crippen LogP contribution is 2.28. The molecule has 2 aromatic carbocycles. The number of para-hydroxylation sites is 1. The molecule has 0 bridgehead atoms. The van der Waals surface area contributed by atoms with E-state index in [2.05, 4.69) is 15.1 Å². The Labute approximate surface area is 151 Å². The number of aromatic nitrogens is 2. The van der Waals surface area contributed by atoms with Crippen LogP contribution in [0.15, 0.2) is 47.8 Å². The predicted octanol–water partition coefficient (Wildman–Crippen LogP) is 1.33. The molecule has 7 nitrogen and oxygen atoms in total. The molecule has 0 saturated heterocycles. The van der Waals surface area contributed by atoms with Crippen molar-refractivity contribution >= 4 is 35.5 Å². The van der Waals surface area contributed by atoms with Crippen LogP contribution in [0.25, 0.3) is 10.9 Å². The highest BCUT2D eigenvalue weighted by Gasteiger charge is 2.26. The normalized spacial score (nSPS) is 13.4. The average Bonchev–Trinajstić information content (AvgIpc) is 3.05. The Morgan fingerprint density at radius 1 is 1.31 bits per heavy atom. The van der Waals surface area contributed by atoms with Crippen LogP contribution in [0.2, 0.25) is 0 Å². The van der Waals surface area contributed by atoms with E-state index in [1.807, 2.05) is 43.4 Å². The molecular weight excluding hydrogens is 331 g/mol. The van der Waals surface area contributed by atoms with E-state index >= 15 is 0 Å². The van der Waals surface area contributed by atoms with Crippen molar-refractivity contribution in [3.63, 3.8) is 0 Å². The number of hydrogen-bond acceptors (Lipinski definition) is 7. The largest absolute Gasteiger partial charge is 0.494 e. The maximum atomic E-state index is 9.69. The van der Waals surface area contributed by atoms with Crippen LogP contribution < -0.4 is 15.2 Å². The summed E-state index contributed by atoms with van der Waals surface area (Å²) in [4.78, 5) is 8.66. The Hall–Kier alpha value is -2.97. The topological polar surface area (TPSA) is 80.1 Å². The molecular formula is C18H17BN4O3. The number of ether oxygens (including phenoxy) is 1. The molecule has 130 valence electrons. The van der Waals surface area contributed by atoms with Crippen LogP contribution in [-0.4, -0.2) is 42.5 Å². The molecule has 0 saturated carbocycles. The predicted molar refractivity (Wildman–Crippen MR) is 101 cm³/mol. The van der Waals surface area contributed by atoms with Crippen molar-refractivity contribution in [1.29, 1.82) is 0 Å². The van der Waals surface area contributed by atoms with Crippen LogP contribution >= 0.6 is 0 Å². The first kappa shape index (κ1) is 16.5. The lowest BCUT2D eigenvalue weighted by molar-refractivity contribution is 0.275. The fraction of sp³-hybridized carbons (Fsp3) is 0.167. The highest BCUT2D eigenvalue weighted by atomic mass is 16.5. The summed E-state index contributed by atoms with van der Waals surface area (Å²) in [5.41, 5.74) is 3.45. The SMILES string of the molecule is COc1cccc2c(N(C)/N=C/c3ccc4c(c3)COB4O)ncnc12. The minimum atomic E-state index is -0.832. The number of fused-ring (bicyclic) bond motifs is 2. The smallest absolute Gasteiger partial charge is 0.491 e. The zero-order valence-corrected chi connectivity index (χ0v) is 14.5. The number of methoxy groups -OCH3 is 1. The summed E-state index contributed by atoms with van der Waals surface area (Å²) >= 11 is 0. The van der Waals surface area contributed by atoms with Gasteiger partial charge in [-0.3, -0.25) is 5.01 Å². The summed E-state index contributed by atoms with van der Waals surface area (Å²) in [6.07, 6.45) is 3.25. The lowest BCUT2D eigenvalue weighted by Crippen LogP contribution is -2.27. The summed E-state index contributed by atoms with van der Waals surface area (Å²) in [6.45, 7) is 0.407. The lowest BCUT2D eigenvalue weighted by atomic mass is 9.79. The van der Waals surface area contributed by atoms with Crippen molar-refractivity contribution in [3.8, 4) is 5.75 Å². The molecule has 1 aliphatic heterocycles. The number of benzene rings is 2. The second kappa shape index (κ2) is 6.74. The quantitative estimate of drug-likeness (QED) is 0.435. The van der Waals surface area contributed by atoms with Crippen molar-refractivity contribution in [1.82, 2.24) is 9.97 Å². The Balaban J connectivity index is 1.64. The standard InChI is InChI=1S/C18H17BN4O3/c1-23(18-14-4-3-5-16(25-2)17(14)20-11-21-18)22-9-12-6-7-15-13(8-12)10-26-19(15)24/h3-9,11,24H,10H2,1-2H3/b22-9+. The first-order valence-corrected chi connectivity index (χ1v) is 8.15. The van der Waals surface area contributed by atoms with Gasteiger partial charge in [0.1, 0.15) is 17.6 Å². The minimum Gasteiger partial charge on any atom is -0.494 e. The molecule has 1 N–H and O–H groups in total. The molecule has 0 unspecified atom stereocenters. The zero-order chi connectivity index (χ0) is 18.1. The first-order valence-electron chi connectivity index (χ1n) is 8.15. The molecule has 2 heterocycles. The molecule has 26 heavy (non-hydrogen) atoms. The Bertz CT molecular complexity index is 995. The Morgan fingerprint density at radius 3 is 3.04 bits per heavy atom. The molecule has 0 spiro atoms. The van der Waals surface area contributed by atoms with Crippen LogP contribution in [-0.2, 0) is 11.3 Å². The second-order valence-corrected chi connectivity index (χ2v) is 5.94. The molecule has 0 aliphatic carbocycles. The third kappa shape index (κ3) is 2.89. The van der Waals surface area contributed by atoms with Crippen LogP contribution in [0.3, 0.4) is 0 Å². The molecule has 0 fully saturated rings. The van der Waals surface area contributed by atoms with Crippen LogP contribution in [0.1, 0.15) is 11.1 Å². The van der Waals surface area contributed by atoms with E-state index in [0.29, 0.717) is 18.2 Å². The van der Waals surface area contributed by atoms with Crippen LogP contribution in [0.5, 0.6) is 5.75 Å². The first-order chi connectivity index (χ1) is 12.7. The van der Waals surface area contributed by atoms with E-state index in [4.69, 9.17) is 9.39 Å². The van der Waals surface area contributed by atoms with Crippen molar-refractivity contribution < 1.29 is 14.4 Å². The summed E-state index contributed by atoms with van der Waals surface area (Å²) in [5.74, 6) is 1.38. The zero-order valence-electron chi connectivity index (χ0n) is 14.5. The lowest BCUT2D eigenvalue weighted by Gasteiger charge is -2.14. The van der Waals surface area contributed by atoms with Crippen molar-refractivity contribution in [3.05, 3.63) is 53.9 Å². The maximum absolute atomic E-state index is 9.69. The van der Waals surface area contributed by atoms with Gasteiger partial charge >= 0.3 is 7.12 Å². The highest BCUT2D eigenvalue weighted by molar-refractivity contribution is 6.61. The molecule has 1 aliphatic rings. The van der Waals surface area contributed by atoms with E-state index in [-0.39, 0.29) is 0 Å². The van der Waals surface area contributed by atoms with Crippen molar-refractivity contribution in [2.24, 2.45) is 5.10 Å². The molecule has 4 rings (SSSR count). The Morgan fingerprint density at radius 2 is 2.19 bits per heavy atom. The Kier molecular flexibility index (Phi) is 4.28. The number of nitrogens with zero attached hydrogens (tertiary/aromatic N) is 4. The number of hydrogen-bond donors (Lipinski definition) is 1. The molecule has 3 aromatic rings. The fourth-order valence-electron chi connectivity index (χ4n) is 3.01. The monoisotopic (exact) mass is 348 g/mol. The van der Waals surface area contributed by atoms with Gasteiger partial charge in [-0.15, -0.1) is 0 Å². The average molecular weight is 348 g/mol. The van der Waals surface area contributed by atoms with E-state index < -0.39 is 7.12 Å². The third-order valence-electron chi connectivity index (χ3n) is 4.34. The fourth-order valence-corrected chi connectivity index (χ4v) is 3.01. The molecule has 0 radical (unpaired) electrons. The number of rotatable bonds is 4. The van der Waals surface area contributed by atoms with Crippen LogP contribution in [0, 0.1) is 0 Å². The van der Waals surface area contributed by atoms with Gasteiger partial charge in [0.25, 0.3) is 0 Å². The second-order valence-electron chi connectivity index (χ2n) is 5.94. The van der Waals surface area contributed by atoms with E-state index in [9.17, 15) is 5.02 Å². The van der Waals surface area contributed by atoms with Gasteiger partial charge in [0, 0.05) is 12.4 Å². The summed E-state index contributed by atoms with van der Waals surface area (Å²) in [6, 6.07) is 11.4. The van der Waals surface area contributed by atoms with Gasteiger partial charge in [-0.2, -0.15) is 5.10 Å². The number of hydrazone groups is 1. The van der Waals surface area contributed by atoms with Gasteiger partial charge in [-0.1, -0.05) is 18.2 Å². The van der Waals surface area contributed by atoms with Gasteiger partial charge in [-0.25, -0.2) is 9.97 Å².